The molecule has 0 aromatic heterocycles. The van der Waals surface area contributed by atoms with Gasteiger partial charge in [0.1, 0.15) is 5.75 Å². The molecular weight excluding hydrogens is 352 g/mol. The largest absolute Gasteiger partial charge is 0.495 e. The fourth-order valence-electron chi connectivity index (χ4n) is 5.60. The highest BCUT2D eigenvalue weighted by molar-refractivity contribution is 5.58. The highest BCUT2D eigenvalue weighted by Crippen LogP contribution is 2.49. The quantitative estimate of drug-likeness (QED) is 0.659. The van der Waals surface area contributed by atoms with Gasteiger partial charge >= 0.3 is 0 Å². The van der Waals surface area contributed by atoms with Crippen LogP contribution in [0.15, 0.2) is 24.3 Å². The second kappa shape index (κ2) is 9.47. The van der Waals surface area contributed by atoms with Gasteiger partial charge in [-0.15, -0.1) is 0 Å². The Hall–Kier alpha value is -1.30. The Morgan fingerprint density at radius 2 is 1.93 bits per heavy atom. The van der Waals surface area contributed by atoms with Crippen molar-refractivity contribution in [1.29, 1.82) is 0 Å². The Morgan fingerprint density at radius 3 is 2.64 bits per heavy atom. The molecule has 0 amide bonds. The van der Waals surface area contributed by atoms with Gasteiger partial charge in [-0.25, -0.2) is 0 Å². The smallest absolute Gasteiger partial charge is 0.142 e. The van der Waals surface area contributed by atoms with E-state index in [0.717, 1.165) is 62.0 Å². The molecule has 0 unspecified atom stereocenters. The molecule has 1 N–H and O–H groups in total. The lowest BCUT2D eigenvalue weighted by Crippen LogP contribution is -2.49. The van der Waals surface area contributed by atoms with E-state index < -0.39 is 6.10 Å². The molecule has 5 heteroatoms. The lowest BCUT2D eigenvalue weighted by Gasteiger charge is -2.37. The van der Waals surface area contributed by atoms with Crippen LogP contribution in [0.5, 0.6) is 5.75 Å². The van der Waals surface area contributed by atoms with Crippen LogP contribution in [0, 0.1) is 17.8 Å². The first kappa shape index (κ1) is 20.0. The SMILES string of the molecule is COc1ccccc1N1CCN(C[C@H](O)COCC[C@H]2C[C@H]3CC[C@H]2C3)CC1. The number of β-amino-alcohol motifs (C(OH)–C–C–N with tert-alkyl or cyclic N) is 1. The van der Waals surface area contributed by atoms with E-state index in [1.807, 2.05) is 12.1 Å². The van der Waals surface area contributed by atoms with Crippen molar-refractivity contribution in [3.63, 3.8) is 0 Å². The predicted molar refractivity (Wildman–Crippen MR) is 112 cm³/mol. The molecule has 156 valence electrons. The summed E-state index contributed by atoms with van der Waals surface area (Å²) in [6.07, 6.45) is 6.59. The van der Waals surface area contributed by atoms with Gasteiger partial charge in [-0.05, 0) is 55.6 Å². The average Bonchev–Trinajstić information content (AvgIpc) is 3.35. The van der Waals surface area contributed by atoms with E-state index in [1.165, 1.54) is 32.1 Å². The average molecular weight is 389 g/mol. The van der Waals surface area contributed by atoms with Crippen LogP contribution in [0.3, 0.4) is 0 Å². The number of anilines is 1. The minimum absolute atomic E-state index is 0.391. The molecule has 5 nitrogen and oxygen atoms in total. The van der Waals surface area contributed by atoms with Crippen molar-refractivity contribution in [3.05, 3.63) is 24.3 Å². The van der Waals surface area contributed by atoms with Crippen molar-refractivity contribution in [1.82, 2.24) is 4.90 Å². The van der Waals surface area contributed by atoms with Crippen molar-refractivity contribution in [2.75, 3.05) is 57.9 Å². The van der Waals surface area contributed by atoms with Gasteiger partial charge in [0.2, 0.25) is 0 Å². The molecule has 2 saturated carbocycles. The van der Waals surface area contributed by atoms with Crippen LogP contribution in [-0.4, -0.2) is 69.2 Å². The standard InChI is InChI=1S/C23H36N2O3/c1-27-23-5-3-2-4-22(23)25-11-9-24(10-12-25)16-21(26)17-28-13-8-20-15-18-6-7-19(20)14-18/h2-5,18-21,26H,6-17H2,1H3/t18-,19-,20-,21-/m0/s1. The van der Waals surface area contributed by atoms with Crippen molar-refractivity contribution >= 4 is 5.69 Å². The number of aliphatic hydroxyl groups is 1. The minimum Gasteiger partial charge on any atom is -0.495 e. The van der Waals surface area contributed by atoms with Crippen LogP contribution in [-0.2, 0) is 4.74 Å². The van der Waals surface area contributed by atoms with Crippen molar-refractivity contribution in [2.45, 2.75) is 38.2 Å². The van der Waals surface area contributed by atoms with E-state index in [2.05, 4.69) is 21.9 Å². The van der Waals surface area contributed by atoms with Gasteiger partial charge in [-0.1, -0.05) is 18.6 Å². The van der Waals surface area contributed by atoms with Crippen LogP contribution in [0.1, 0.15) is 32.1 Å². The molecule has 1 aliphatic heterocycles. The zero-order chi connectivity index (χ0) is 19.3. The topological polar surface area (TPSA) is 45.2 Å². The Balaban J connectivity index is 1.12. The van der Waals surface area contributed by atoms with Crippen molar-refractivity contribution in [2.24, 2.45) is 17.8 Å². The van der Waals surface area contributed by atoms with Crippen LogP contribution in [0.25, 0.3) is 0 Å². The molecule has 1 saturated heterocycles. The maximum Gasteiger partial charge on any atom is 0.142 e. The van der Waals surface area contributed by atoms with E-state index in [9.17, 15) is 5.11 Å². The third-order valence-corrected chi connectivity index (χ3v) is 7.09. The Labute approximate surface area is 169 Å². The summed E-state index contributed by atoms with van der Waals surface area (Å²) in [6.45, 7) is 5.81. The molecule has 0 radical (unpaired) electrons. The Bertz CT molecular complexity index is 618. The predicted octanol–water partition coefficient (Wildman–Crippen LogP) is 3.02. The minimum atomic E-state index is -0.391. The Kier molecular flexibility index (Phi) is 6.76. The zero-order valence-corrected chi connectivity index (χ0v) is 17.3. The van der Waals surface area contributed by atoms with Gasteiger partial charge in [-0.3, -0.25) is 4.90 Å². The number of para-hydroxylation sites is 2. The summed E-state index contributed by atoms with van der Waals surface area (Å²) in [4.78, 5) is 4.71. The van der Waals surface area contributed by atoms with Crippen LogP contribution in [0.2, 0.25) is 0 Å². The summed E-state index contributed by atoms with van der Waals surface area (Å²) < 4.78 is 11.3. The summed E-state index contributed by atoms with van der Waals surface area (Å²) in [5.74, 6) is 3.80. The molecule has 3 fully saturated rings. The summed E-state index contributed by atoms with van der Waals surface area (Å²) in [7, 11) is 1.72. The molecule has 28 heavy (non-hydrogen) atoms. The van der Waals surface area contributed by atoms with E-state index >= 15 is 0 Å². The third kappa shape index (κ3) is 4.81. The summed E-state index contributed by atoms with van der Waals surface area (Å²) in [5.41, 5.74) is 1.16. The Morgan fingerprint density at radius 1 is 1.11 bits per heavy atom. The van der Waals surface area contributed by atoms with Gasteiger partial charge in [0, 0.05) is 39.3 Å². The molecule has 1 aromatic rings. The van der Waals surface area contributed by atoms with E-state index in [1.54, 1.807) is 7.11 Å². The fourth-order valence-corrected chi connectivity index (χ4v) is 5.60. The van der Waals surface area contributed by atoms with Crippen LogP contribution < -0.4 is 9.64 Å². The van der Waals surface area contributed by atoms with Gasteiger partial charge < -0.3 is 19.5 Å². The second-order valence-corrected chi connectivity index (χ2v) is 8.91. The van der Waals surface area contributed by atoms with Crippen LogP contribution >= 0.6 is 0 Å². The number of aliphatic hydroxyl groups excluding tert-OH is 1. The number of nitrogens with zero attached hydrogens (tertiary/aromatic N) is 2. The molecule has 4 atom stereocenters. The molecule has 3 aliphatic rings. The molecule has 0 spiro atoms. The number of benzene rings is 1. The zero-order valence-electron chi connectivity index (χ0n) is 17.3. The third-order valence-electron chi connectivity index (χ3n) is 7.09. The second-order valence-electron chi connectivity index (χ2n) is 8.91. The van der Waals surface area contributed by atoms with E-state index in [-0.39, 0.29) is 0 Å². The maximum atomic E-state index is 10.4. The van der Waals surface area contributed by atoms with Crippen molar-refractivity contribution < 1.29 is 14.6 Å². The lowest BCUT2D eigenvalue weighted by molar-refractivity contribution is 0.0100. The first-order chi connectivity index (χ1) is 13.7. The number of hydrogen-bond donors (Lipinski definition) is 1. The summed E-state index contributed by atoms with van der Waals surface area (Å²) in [6, 6.07) is 8.20. The number of piperazine rings is 1. The molecule has 4 rings (SSSR count). The van der Waals surface area contributed by atoms with Gasteiger partial charge in [-0.2, -0.15) is 0 Å². The highest BCUT2D eigenvalue weighted by Gasteiger charge is 2.38. The fraction of sp³-hybridized carbons (Fsp3) is 0.739. The van der Waals surface area contributed by atoms with E-state index in [4.69, 9.17) is 9.47 Å². The van der Waals surface area contributed by atoms with Gasteiger partial charge in [0.15, 0.2) is 0 Å². The number of fused-ring (bicyclic) bond motifs is 2. The normalized spacial score (nSPS) is 28.6. The van der Waals surface area contributed by atoms with Crippen LogP contribution in [0.4, 0.5) is 5.69 Å². The van der Waals surface area contributed by atoms with E-state index in [0.29, 0.717) is 13.2 Å². The first-order valence-electron chi connectivity index (χ1n) is 11.1. The monoisotopic (exact) mass is 388 g/mol. The molecule has 1 aromatic carbocycles. The molecular formula is C23H36N2O3. The summed E-state index contributed by atoms with van der Waals surface area (Å²) in [5, 5.41) is 10.4. The highest BCUT2D eigenvalue weighted by atomic mass is 16.5. The van der Waals surface area contributed by atoms with Gasteiger partial charge in [0.25, 0.3) is 0 Å². The molecule has 2 aliphatic carbocycles. The maximum absolute atomic E-state index is 10.4. The molecule has 2 bridgehead atoms. The lowest BCUT2D eigenvalue weighted by atomic mass is 9.87. The van der Waals surface area contributed by atoms with Gasteiger partial charge in [0.05, 0.1) is 25.5 Å². The first-order valence-corrected chi connectivity index (χ1v) is 11.1. The molecule has 1 heterocycles. The summed E-state index contributed by atoms with van der Waals surface area (Å²) >= 11 is 0. The number of rotatable bonds is 9. The number of methoxy groups -OCH3 is 1. The number of ether oxygens (including phenoxy) is 2. The number of hydrogen-bond acceptors (Lipinski definition) is 5. The van der Waals surface area contributed by atoms with Crippen molar-refractivity contribution in [3.8, 4) is 5.75 Å².